The van der Waals surface area contributed by atoms with E-state index < -0.39 is 0 Å². The van der Waals surface area contributed by atoms with E-state index in [0.717, 1.165) is 18.7 Å². The Balaban J connectivity index is 1.79. The van der Waals surface area contributed by atoms with Crippen molar-refractivity contribution < 1.29 is 4.42 Å². The fraction of sp³-hybridized carbons (Fsp3) is 0.182. The fourth-order valence-electron chi connectivity index (χ4n) is 1.25. The van der Waals surface area contributed by atoms with Crippen LogP contribution in [0.1, 0.15) is 11.1 Å². The lowest BCUT2D eigenvalue weighted by Gasteiger charge is -2.01. The van der Waals surface area contributed by atoms with Gasteiger partial charge in [-0.05, 0) is 17.7 Å². The summed E-state index contributed by atoms with van der Waals surface area (Å²) in [4.78, 5) is 4.04. The molecule has 2 rings (SSSR count). The average molecular weight is 188 g/mol. The molecule has 0 aliphatic heterocycles. The van der Waals surface area contributed by atoms with Crippen LogP contribution in [0.5, 0.6) is 0 Å². The summed E-state index contributed by atoms with van der Waals surface area (Å²) in [6.45, 7) is 1.66. The molecule has 0 aliphatic carbocycles. The van der Waals surface area contributed by atoms with Gasteiger partial charge in [0.2, 0.25) is 0 Å². The Morgan fingerprint density at radius 1 is 1.21 bits per heavy atom. The van der Waals surface area contributed by atoms with Crippen LogP contribution >= 0.6 is 0 Å². The number of hydrogen-bond donors (Lipinski definition) is 1. The summed E-state index contributed by atoms with van der Waals surface area (Å²) in [7, 11) is 0. The summed E-state index contributed by atoms with van der Waals surface area (Å²) < 4.78 is 4.96. The number of aromatic nitrogens is 1. The zero-order valence-corrected chi connectivity index (χ0v) is 7.81. The lowest BCUT2D eigenvalue weighted by molar-refractivity contribution is 0.560. The average Bonchev–Trinajstić information content (AvgIpc) is 2.72. The van der Waals surface area contributed by atoms with Crippen molar-refractivity contribution in [1.29, 1.82) is 0 Å². The molecular formula is C11H12N2O. The molecule has 3 nitrogen and oxygen atoms in total. The monoisotopic (exact) mass is 188 g/mol. The van der Waals surface area contributed by atoms with E-state index in [9.17, 15) is 0 Å². The highest BCUT2D eigenvalue weighted by Crippen LogP contribution is 2.00. The Morgan fingerprint density at radius 3 is 2.86 bits per heavy atom. The topological polar surface area (TPSA) is 38.1 Å². The van der Waals surface area contributed by atoms with E-state index in [2.05, 4.69) is 16.4 Å². The molecule has 2 aromatic heterocycles. The Kier molecular flexibility index (Phi) is 2.93. The summed E-state index contributed by atoms with van der Waals surface area (Å²) in [6, 6.07) is 5.94. The number of rotatable bonds is 4. The molecule has 0 bridgehead atoms. The lowest BCUT2D eigenvalue weighted by Crippen LogP contribution is -2.12. The first-order valence-corrected chi connectivity index (χ1v) is 4.56. The number of nitrogens with one attached hydrogen (secondary N) is 1. The van der Waals surface area contributed by atoms with Gasteiger partial charge in [-0.2, -0.15) is 0 Å². The van der Waals surface area contributed by atoms with Gasteiger partial charge in [0.25, 0.3) is 0 Å². The molecule has 0 unspecified atom stereocenters. The molecule has 3 heteroatoms. The van der Waals surface area contributed by atoms with Crippen molar-refractivity contribution in [3.05, 3.63) is 54.2 Å². The maximum atomic E-state index is 4.96. The summed E-state index contributed by atoms with van der Waals surface area (Å²) in [6.07, 6.45) is 7.07. The van der Waals surface area contributed by atoms with E-state index >= 15 is 0 Å². The standard InChI is InChI=1S/C11H12N2O/c1-2-10(6-12-4-1)7-13-8-11-3-5-14-9-11/h1-6,9,13H,7-8H2. The van der Waals surface area contributed by atoms with Crippen molar-refractivity contribution in [3.63, 3.8) is 0 Å². The number of furan rings is 1. The molecule has 72 valence electrons. The summed E-state index contributed by atoms with van der Waals surface area (Å²) in [5.41, 5.74) is 2.35. The van der Waals surface area contributed by atoms with Crippen molar-refractivity contribution in [2.75, 3.05) is 0 Å². The van der Waals surface area contributed by atoms with Crippen molar-refractivity contribution in [2.45, 2.75) is 13.1 Å². The second-order valence-corrected chi connectivity index (χ2v) is 3.10. The predicted octanol–water partition coefficient (Wildman–Crippen LogP) is 1.96. The zero-order valence-electron chi connectivity index (χ0n) is 7.81. The van der Waals surface area contributed by atoms with Gasteiger partial charge in [-0.25, -0.2) is 0 Å². The van der Waals surface area contributed by atoms with Crippen LogP contribution in [0.2, 0.25) is 0 Å². The van der Waals surface area contributed by atoms with Gasteiger partial charge >= 0.3 is 0 Å². The van der Waals surface area contributed by atoms with Gasteiger partial charge < -0.3 is 9.73 Å². The van der Waals surface area contributed by atoms with Crippen molar-refractivity contribution in [2.24, 2.45) is 0 Å². The Labute approximate surface area is 82.8 Å². The summed E-state index contributed by atoms with van der Waals surface area (Å²) >= 11 is 0. The SMILES string of the molecule is c1cncc(CNCc2ccoc2)c1. The summed E-state index contributed by atoms with van der Waals surface area (Å²) in [5, 5.41) is 3.30. The maximum absolute atomic E-state index is 4.96. The molecule has 0 atom stereocenters. The van der Waals surface area contributed by atoms with Crippen LogP contribution in [0.4, 0.5) is 0 Å². The highest BCUT2D eigenvalue weighted by atomic mass is 16.3. The second-order valence-electron chi connectivity index (χ2n) is 3.10. The van der Waals surface area contributed by atoms with E-state index in [4.69, 9.17) is 4.42 Å². The molecule has 0 aromatic carbocycles. The maximum Gasteiger partial charge on any atom is 0.0947 e. The lowest BCUT2D eigenvalue weighted by atomic mass is 10.3. The molecule has 14 heavy (non-hydrogen) atoms. The smallest absolute Gasteiger partial charge is 0.0947 e. The third kappa shape index (κ3) is 2.44. The van der Waals surface area contributed by atoms with Gasteiger partial charge in [0.15, 0.2) is 0 Å². The van der Waals surface area contributed by atoms with Crippen LogP contribution in [0.3, 0.4) is 0 Å². The molecule has 2 aromatic rings. The van der Waals surface area contributed by atoms with Crippen molar-refractivity contribution in [3.8, 4) is 0 Å². The van der Waals surface area contributed by atoms with E-state index in [0.29, 0.717) is 0 Å². The van der Waals surface area contributed by atoms with Crippen LogP contribution in [0.15, 0.2) is 47.5 Å². The fourth-order valence-corrected chi connectivity index (χ4v) is 1.25. The highest BCUT2D eigenvalue weighted by Gasteiger charge is 1.94. The van der Waals surface area contributed by atoms with Gasteiger partial charge in [0.05, 0.1) is 12.5 Å². The largest absolute Gasteiger partial charge is 0.472 e. The molecule has 0 amide bonds. The van der Waals surface area contributed by atoms with Gasteiger partial charge in [-0.3, -0.25) is 4.98 Å². The normalized spacial score (nSPS) is 10.3. The first-order chi connectivity index (χ1) is 6.95. The molecule has 0 aliphatic rings. The third-order valence-electron chi connectivity index (χ3n) is 1.96. The van der Waals surface area contributed by atoms with Crippen molar-refractivity contribution in [1.82, 2.24) is 10.3 Å². The first kappa shape index (κ1) is 8.97. The Morgan fingerprint density at radius 2 is 2.14 bits per heavy atom. The minimum atomic E-state index is 0.825. The van der Waals surface area contributed by atoms with E-state index in [1.807, 2.05) is 18.3 Å². The van der Waals surface area contributed by atoms with Gasteiger partial charge in [-0.15, -0.1) is 0 Å². The van der Waals surface area contributed by atoms with Crippen molar-refractivity contribution >= 4 is 0 Å². The van der Waals surface area contributed by atoms with Crippen LogP contribution < -0.4 is 5.32 Å². The second kappa shape index (κ2) is 4.58. The van der Waals surface area contributed by atoms with E-state index in [1.165, 1.54) is 5.56 Å². The van der Waals surface area contributed by atoms with Gasteiger partial charge in [0.1, 0.15) is 0 Å². The number of pyridine rings is 1. The molecule has 0 spiro atoms. The molecular weight excluding hydrogens is 176 g/mol. The summed E-state index contributed by atoms with van der Waals surface area (Å²) in [5.74, 6) is 0. The molecule has 0 saturated carbocycles. The third-order valence-corrected chi connectivity index (χ3v) is 1.96. The number of nitrogens with zero attached hydrogens (tertiary/aromatic N) is 1. The molecule has 0 fully saturated rings. The van der Waals surface area contributed by atoms with Crippen LogP contribution in [-0.4, -0.2) is 4.98 Å². The van der Waals surface area contributed by atoms with Crippen LogP contribution in [0, 0.1) is 0 Å². The Hall–Kier alpha value is -1.61. The van der Waals surface area contributed by atoms with Gasteiger partial charge in [0, 0.05) is 31.0 Å². The molecule has 0 saturated heterocycles. The van der Waals surface area contributed by atoms with Gasteiger partial charge in [-0.1, -0.05) is 6.07 Å². The van der Waals surface area contributed by atoms with E-state index in [1.54, 1.807) is 18.7 Å². The number of hydrogen-bond acceptors (Lipinski definition) is 3. The highest BCUT2D eigenvalue weighted by molar-refractivity contribution is 5.09. The molecule has 0 radical (unpaired) electrons. The Bertz CT molecular complexity index is 356. The first-order valence-electron chi connectivity index (χ1n) is 4.56. The minimum absolute atomic E-state index is 0.825. The molecule has 1 N–H and O–H groups in total. The minimum Gasteiger partial charge on any atom is -0.472 e. The quantitative estimate of drug-likeness (QED) is 0.797. The van der Waals surface area contributed by atoms with Crippen LogP contribution in [0.25, 0.3) is 0 Å². The van der Waals surface area contributed by atoms with Crippen LogP contribution in [-0.2, 0) is 13.1 Å². The molecule has 2 heterocycles. The predicted molar refractivity (Wildman–Crippen MR) is 53.5 cm³/mol. The zero-order chi connectivity index (χ0) is 9.64. The van der Waals surface area contributed by atoms with E-state index in [-0.39, 0.29) is 0 Å².